The molecule has 0 aliphatic heterocycles. The molecule has 2 heteroatoms. The van der Waals surface area contributed by atoms with Gasteiger partial charge < -0.3 is 9.47 Å². The van der Waals surface area contributed by atoms with Crippen molar-refractivity contribution >= 4 is 5.57 Å². The Morgan fingerprint density at radius 2 is 1.00 bits per heavy atom. The van der Waals surface area contributed by atoms with Gasteiger partial charge in [-0.1, -0.05) is 90.5 Å². The van der Waals surface area contributed by atoms with Crippen LogP contribution in [0.4, 0.5) is 0 Å². The molecule has 32 heavy (non-hydrogen) atoms. The Kier molecular flexibility index (Phi) is 6.52. The molecular weight excluding hydrogens is 392 g/mol. The zero-order valence-corrected chi connectivity index (χ0v) is 18.4. The van der Waals surface area contributed by atoms with Crippen LogP contribution in [0, 0.1) is 13.8 Å². The van der Waals surface area contributed by atoms with Gasteiger partial charge >= 0.3 is 0 Å². The van der Waals surface area contributed by atoms with Crippen molar-refractivity contribution in [2.75, 3.05) is 0 Å². The predicted molar refractivity (Wildman–Crippen MR) is 133 cm³/mol. The van der Waals surface area contributed by atoms with Gasteiger partial charge in [0.05, 0.1) is 0 Å². The van der Waals surface area contributed by atoms with Crippen molar-refractivity contribution in [3.8, 4) is 23.0 Å². The first-order chi connectivity index (χ1) is 15.6. The van der Waals surface area contributed by atoms with Gasteiger partial charge in [-0.2, -0.15) is 0 Å². The number of aryl methyl sites for hydroxylation is 2. The smallest absolute Gasteiger partial charge is 0.135 e. The van der Waals surface area contributed by atoms with E-state index in [0.29, 0.717) is 0 Å². The van der Waals surface area contributed by atoms with Crippen LogP contribution in [-0.4, -0.2) is 0 Å². The topological polar surface area (TPSA) is 18.5 Å². The van der Waals surface area contributed by atoms with Gasteiger partial charge in [0.2, 0.25) is 0 Å². The lowest BCUT2D eigenvalue weighted by molar-refractivity contribution is 0.478. The van der Waals surface area contributed by atoms with Gasteiger partial charge in [0.25, 0.3) is 0 Å². The fourth-order valence-electron chi connectivity index (χ4n) is 3.47. The molecule has 2 nitrogen and oxygen atoms in total. The highest BCUT2D eigenvalue weighted by Gasteiger charge is 2.15. The SMILES string of the molecule is C=CC=C(c1ccccc1Oc1ccc(C)cc1)c1ccccc1Oc1ccc(C)cc1. The molecule has 0 spiro atoms. The molecular formula is C30H26O2. The summed E-state index contributed by atoms with van der Waals surface area (Å²) in [5.41, 5.74) is 5.30. The van der Waals surface area contributed by atoms with Crippen molar-refractivity contribution in [2.24, 2.45) is 0 Å². The predicted octanol–water partition coefficient (Wildman–Crippen LogP) is 8.51. The Labute approximate surface area is 190 Å². The lowest BCUT2D eigenvalue weighted by atomic mass is 9.95. The Morgan fingerprint density at radius 3 is 1.41 bits per heavy atom. The van der Waals surface area contributed by atoms with E-state index in [1.165, 1.54) is 11.1 Å². The molecule has 0 unspecified atom stereocenters. The molecule has 0 saturated heterocycles. The lowest BCUT2D eigenvalue weighted by Gasteiger charge is -2.17. The summed E-state index contributed by atoms with van der Waals surface area (Å²) in [6, 6.07) is 32.2. The highest BCUT2D eigenvalue weighted by molar-refractivity contribution is 5.86. The number of para-hydroxylation sites is 2. The number of allylic oxidation sites excluding steroid dienone is 2. The maximum atomic E-state index is 6.27. The van der Waals surface area contributed by atoms with Crippen molar-refractivity contribution < 1.29 is 9.47 Å². The molecule has 4 aromatic carbocycles. The Hall–Kier alpha value is -4.04. The second-order valence-corrected chi connectivity index (χ2v) is 7.64. The van der Waals surface area contributed by atoms with Crippen molar-refractivity contribution in [1.29, 1.82) is 0 Å². The summed E-state index contributed by atoms with van der Waals surface area (Å²) in [6.07, 6.45) is 3.79. The molecule has 0 bridgehead atoms. The third-order valence-electron chi connectivity index (χ3n) is 5.14. The van der Waals surface area contributed by atoms with E-state index < -0.39 is 0 Å². The van der Waals surface area contributed by atoms with E-state index in [1.807, 2.05) is 91.0 Å². The van der Waals surface area contributed by atoms with Gasteiger partial charge in [-0.05, 0) is 55.8 Å². The molecule has 0 aromatic heterocycles. The quantitative estimate of drug-likeness (QED) is 0.280. The maximum absolute atomic E-state index is 6.27. The number of hydrogen-bond donors (Lipinski definition) is 0. The summed E-state index contributed by atoms with van der Waals surface area (Å²) >= 11 is 0. The zero-order chi connectivity index (χ0) is 22.3. The number of benzene rings is 4. The summed E-state index contributed by atoms with van der Waals surface area (Å²) in [7, 11) is 0. The van der Waals surface area contributed by atoms with Crippen LogP contribution in [0.1, 0.15) is 22.3 Å². The average Bonchev–Trinajstić information content (AvgIpc) is 2.82. The summed E-state index contributed by atoms with van der Waals surface area (Å²) in [4.78, 5) is 0. The molecule has 4 rings (SSSR count). The van der Waals surface area contributed by atoms with Crippen molar-refractivity contribution in [3.05, 3.63) is 138 Å². The van der Waals surface area contributed by atoms with Crippen molar-refractivity contribution in [2.45, 2.75) is 13.8 Å². The van der Waals surface area contributed by atoms with Crippen LogP contribution in [0.25, 0.3) is 5.57 Å². The van der Waals surface area contributed by atoms with Crippen LogP contribution in [0.5, 0.6) is 23.0 Å². The second kappa shape index (κ2) is 9.84. The van der Waals surface area contributed by atoms with Crippen LogP contribution in [0.15, 0.2) is 116 Å². The van der Waals surface area contributed by atoms with E-state index in [2.05, 4.69) is 32.6 Å². The minimum atomic E-state index is 0.773. The van der Waals surface area contributed by atoms with E-state index in [4.69, 9.17) is 9.47 Å². The maximum Gasteiger partial charge on any atom is 0.135 e. The van der Waals surface area contributed by atoms with Crippen LogP contribution >= 0.6 is 0 Å². The van der Waals surface area contributed by atoms with Gasteiger partial charge in [0.1, 0.15) is 23.0 Å². The highest BCUT2D eigenvalue weighted by Crippen LogP contribution is 2.38. The second-order valence-electron chi connectivity index (χ2n) is 7.64. The van der Waals surface area contributed by atoms with Crippen LogP contribution in [0.2, 0.25) is 0 Å². The fourth-order valence-corrected chi connectivity index (χ4v) is 3.47. The standard InChI is InChI=1S/C30H26O2/c1-4-9-26(27-10-5-7-12-29(27)31-24-18-14-22(2)15-19-24)28-11-6-8-13-30(28)32-25-20-16-23(3)17-21-25/h4-21H,1H2,2-3H3. The van der Waals surface area contributed by atoms with Crippen LogP contribution in [0.3, 0.4) is 0 Å². The largest absolute Gasteiger partial charge is 0.457 e. The minimum absolute atomic E-state index is 0.773. The van der Waals surface area contributed by atoms with E-state index >= 15 is 0 Å². The van der Waals surface area contributed by atoms with Crippen LogP contribution < -0.4 is 9.47 Å². The molecule has 0 atom stereocenters. The Balaban J connectivity index is 1.74. The highest BCUT2D eigenvalue weighted by atomic mass is 16.5. The Morgan fingerprint density at radius 1 is 0.594 bits per heavy atom. The molecule has 0 radical (unpaired) electrons. The molecule has 0 aliphatic carbocycles. The first-order valence-electron chi connectivity index (χ1n) is 10.6. The van der Waals surface area contributed by atoms with Gasteiger partial charge in [0, 0.05) is 11.1 Å². The minimum Gasteiger partial charge on any atom is -0.457 e. The number of rotatable bonds is 7. The number of hydrogen-bond acceptors (Lipinski definition) is 2. The summed E-state index contributed by atoms with van der Waals surface area (Å²) in [5, 5.41) is 0. The molecule has 0 N–H and O–H groups in total. The lowest BCUT2D eigenvalue weighted by Crippen LogP contribution is -1.96. The molecule has 4 aromatic rings. The molecule has 0 aliphatic rings. The van der Waals surface area contributed by atoms with E-state index in [-0.39, 0.29) is 0 Å². The summed E-state index contributed by atoms with van der Waals surface area (Å²) < 4.78 is 12.5. The summed E-state index contributed by atoms with van der Waals surface area (Å²) in [6.45, 7) is 8.07. The molecule has 0 heterocycles. The first kappa shape index (κ1) is 21.2. The third kappa shape index (κ3) is 4.98. The van der Waals surface area contributed by atoms with Crippen molar-refractivity contribution in [3.63, 3.8) is 0 Å². The average molecular weight is 419 g/mol. The van der Waals surface area contributed by atoms with Gasteiger partial charge in [-0.15, -0.1) is 0 Å². The summed E-state index contributed by atoms with van der Waals surface area (Å²) in [5.74, 6) is 3.14. The van der Waals surface area contributed by atoms with E-state index in [9.17, 15) is 0 Å². The molecule has 0 saturated carbocycles. The number of ether oxygens (including phenoxy) is 2. The Bertz CT molecular complexity index is 1140. The fraction of sp³-hybridized carbons (Fsp3) is 0.0667. The van der Waals surface area contributed by atoms with E-state index in [0.717, 1.165) is 39.7 Å². The molecule has 158 valence electrons. The van der Waals surface area contributed by atoms with Gasteiger partial charge in [-0.3, -0.25) is 0 Å². The van der Waals surface area contributed by atoms with Gasteiger partial charge in [-0.25, -0.2) is 0 Å². The zero-order valence-electron chi connectivity index (χ0n) is 18.4. The first-order valence-corrected chi connectivity index (χ1v) is 10.6. The normalized spacial score (nSPS) is 10.3. The van der Waals surface area contributed by atoms with Crippen molar-refractivity contribution in [1.82, 2.24) is 0 Å². The van der Waals surface area contributed by atoms with E-state index in [1.54, 1.807) is 6.08 Å². The third-order valence-corrected chi connectivity index (χ3v) is 5.14. The van der Waals surface area contributed by atoms with Gasteiger partial charge in [0.15, 0.2) is 0 Å². The van der Waals surface area contributed by atoms with Crippen LogP contribution in [-0.2, 0) is 0 Å². The molecule has 0 amide bonds. The monoisotopic (exact) mass is 418 g/mol. The molecule has 0 fully saturated rings.